The van der Waals surface area contributed by atoms with Crippen LogP contribution in [0.2, 0.25) is 0 Å². The van der Waals surface area contributed by atoms with Crippen molar-refractivity contribution in [2.45, 2.75) is 52.4 Å². The van der Waals surface area contributed by atoms with Crippen LogP contribution in [0.1, 0.15) is 54.5 Å². The van der Waals surface area contributed by atoms with E-state index in [-0.39, 0.29) is 23.6 Å². The Morgan fingerprint density at radius 2 is 1.75 bits per heavy atom. The number of hydrogen-bond donors (Lipinski definition) is 4. The summed E-state index contributed by atoms with van der Waals surface area (Å²) in [6.07, 6.45) is 6.81. The zero-order chi connectivity index (χ0) is 39.8. The molecule has 6 aromatic rings. The average molecular weight is 769 g/mol. The van der Waals surface area contributed by atoms with Crippen LogP contribution in [0, 0.1) is 6.92 Å². The molecule has 4 heterocycles. The maximum Gasteiger partial charge on any atom is 0.324 e. The average Bonchev–Trinajstić information content (AvgIpc) is 3.64. The van der Waals surface area contributed by atoms with E-state index in [9.17, 15) is 9.59 Å². The lowest BCUT2D eigenvalue weighted by Crippen LogP contribution is -2.46. The van der Waals surface area contributed by atoms with E-state index in [1.54, 1.807) is 10.9 Å². The number of hydrogen-bond acceptors (Lipinski definition) is 10. The second-order valence-electron chi connectivity index (χ2n) is 15.0. The molecule has 57 heavy (non-hydrogen) atoms. The van der Waals surface area contributed by atoms with Crippen molar-refractivity contribution in [2.24, 2.45) is 0 Å². The van der Waals surface area contributed by atoms with Crippen LogP contribution < -0.4 is 26.0 Å². The Balaban J connectivity index is 0.946. The van der Waals surface area contributed by atoms with Gasteiger partial charge in [0.25, 0.3) is 5.91 Å². The van der Waals surface area contributed by atoms with Gasteiger partial charge in [-0.15, -0.1) is 0 Å². The molecule has 0 aliphatic carbocycles. The van der Waals surface area contributed by atoms with Crippen LogP contribution in [-0.4, -0.2) is 80.6 Å². The molecule has 3 aromatic carbocycles. The molecule has 3 amide bonds. The smallest absolute Gasteiger partial charge is 0.324 e. The highest BCUT2D eigenvalue weighted by Gasteiger charge is 2.23. The van der Waals surface area contributed by atoms with Gasteiger partial charge in [0.05, 0.1) is 29.9 Å². The van der Waals surface area contributed by atoms with Gasteiger partial charge >= 0.3 is 6.03 Å². The Morgan fingerprint density at radius 1 is 0.930 bits per heavy atom. The number of urea groups is 1. The summed E-state index contributed by atoms with van der Waals surface area (Å²) >= 11 is 0. The van der Waals surface area contributed by atoms with Crippen molar-refractivity contribution in [3.63, 3.8) is 0 Å². The van der Waals surface area contributed by atoms with E-state index in [2.05, 4.69) is 61.9 Å². The van der Waals surface area contributed by atoms with E-state index in [0.717, 1.165) is 52.8 Å². The maximum absolute atomic E-state index is 13.5. The second kappa shape index (κ2) is 17.6. The summed E-state index contributed by atoms with van der Waals surface area (Å²) in [7, 11) is 0. The summed E-state index contributed by atoms with van der Waals surface area (Å²) in [5.41, 5.74) is 4.55. The molecule has 0 radical (unpaired) electrons. The number of morpholine rings is 1. The Labute approximate surface area is 332 Å². The van der Waals surface area contributed by atoms with Gasteiger partial charge in [-0.25, -0.2) is 19.4 Å². The first-order valence-electron chi connectivity index (χ1n) is 19.1. The van der Waals surface area contributed by atoms with Crippen molar-refractivity contribution in [1.29, 1.82) is 0 Å². The van der Waals surface area contributed by atoms with Gasteiger partial charge in [0.2, 0.25) is 0 Å². The molecule has 1 unspecified atom stereocenters. The van der Waals surface area contributed by atoms with Gasteiger partial charge in [-0.05, 0) is 55.3 Å². The molecule has 1 saturated heterocycles. The van der Waals surface area contributed by atoms with Gasteiger partial charge < -0.3 is 25.4 Å². The van der Waals surface area contributed by atoms with E-state index in [4.69, 9.17) is 14.6 Å². The van der Waals surface area contributed by atoms with Gasteiger partial charge in [-0.1, -0.05) is 62.7 Å². The number of anilines is 3. The second-order valence-corrected chi connectivity index (χ2v) is 15.0. The van der Waals surface area contributed by atoms with Crippen molar-refractivity contribution >= 4 is 40.0 Å². The Bertz CT molecular complexity index is 2310. The number of nitrogens with zero attached hydrogens (tertiary/aromatic N) is 6. The van der Waals surface area contributed by atoms with E-state index in [0.29, 0.717) is 55.1 Å². The molecule has 14 heteroatoms. The van der Waals surface area contributed by atoms with Crippen molar-refractivity contribution in [2.75, 3.05) is 48.7 Å². The summed E-state index contributed by atoms with van der Waals surface area (Å²) in [6, 6.07) is 25.0. The van der Waals surface area contributed by atoms with Crippen LogP contribution in [0.15, 0.2) is 104 Å². The zero-order valence-corrected chi connectivity index (χ0v) is 32.7. The quantitative estimate of drug-likeness (QED) is 0.0908. The molecule has 3 aromatic heterocycles. The number of fused-ring (bicyclic) bond motifs is 1. The summed E-state index contributed by atoms with van der Waals surface area (Å²) in [5, 5.41) is 18.9. The van der Waals surface area contributed by atoms with Crippen LogP contribution in [0.3, 0.4) is 0 Å². The third kappa shape index (κ3) is 10.1. The number of carbonyl (C=O) groups excluding carboxylic acids is 2. The lowest BCUT2D eigenvalue weighted by atomic mass is 9.92. The molecule has 1 aliphatic heterocycles. The van der Waals surface area contributed by atoms with E-state index < -0.39 is 0 Å². The molecule has 4 N–H and O–H groups in total. The van der Waals surface area contributed by atoms with Crippen molar-refractivity contribution in [1.82, 2.24) is 34.9 Å². The third-order valence-electron chi connectivity index (χ3n) is 9.54. The first-order chi connectivity index (χ1) is 27.6. The highest BCUT2D eigenvalue weighted by atomic mass is 16.5. The fraction of sp³-hybridized carbons (Fsp3) is 0.302. The number of aromatic nitrogens is 5. The van der Waals surface area contributed by atoms with Gasteiger partial charge in [-0.2, -0.15) is 5.10 Å². The standard InChI is InChI=1S/C43H48N10O4/c1-29-10-12-31(13-11-29)53-39(25-37(51-53)43(2,3)4)50-42(55)48-34-14-15-36(33-9-6-5-8-32(33)34)57-28-30-16-18-46-38(24-30)49-40-27-52(22-23-56-40)21-7-17-47-41(54)35-26-44-19-20-45-35/h5-6,8-16,18-20,24-26,40H,7,17,21-23,27-28H2,1-4H3,(H,46,49)(H,47,54)(H2,48,50,55). The molecule has 7 rings (SSSR count). The monoisotopic (exact) mass is 768 g/mol. The first-order valence-corrected chi connectivity index (χ1v) is 19.1. The largest absolute Gasteiger partial charge is 0.488 e. The highest BCUT2D eigenvalue weighted by Crippen LogP contribution is 2.33. The van der Waals surface area contributed by atoms with Crippen LogP contribution >= 0.6 is 0 Å². The summed E-state index contributed by atoms with van der Waals surface area (Å²) in [4.78, 5) is 40.6. The van der Waals surface area contributed by atoms with Crippen molar-refractivity contribution < 1.29 is 19.1 Å². The Kier molecular flexibility index (Phi) is 12.0. The predicted octanol–water partition coefficient (Wildman–Crippen LogP) is 6.93. The lowest BCUT2D eigenvalue weighted by molar-refractivity contribution is -0.0137. The predicted molar refractivity (Wildman–Crippen MR) is 221 cm³/mol. The number of rotatable bonds is 13. The van der Waals surface area contributed by atoms with Crippen LogP contribution in [0.4, 0.5) is 22.1 Å². The van der Waals surface area contributed by atoms with E-state index in [1.807, 2.05) is 85.8 Å². The van der Waals surface area contributed by atoms with Crippen LogP contribution in [0.25, 0.3) is 16.5 Å². The molecule has 0 spiro atoms. The van der Waals surface area contributed by atoms with Gasteiger partial charge in [0.15, 0.2) is 0 Å². The van der Waals surface area contributed by atoms with E-state index in [1.165, 1.54) is 18.6 Å². The number of amides is 3. The molecular weight excluding hydrogens is 721 g/mol. The Morgan fingerprint density at radius 3 is 2.54 bits per heavy atom. The number of aryl methyl sites for hydroxylation is 1. The molecular formula is C43H48N10O4. The minimum atomic E-state index is -0.382. The topological polar surface area (TPSA) is 160 Å². The maximum atomic E-state index is 13.5. The van der Waals surface area contributed by atoms with Crippen molar-refractivity contribution in [3.8, 4) is 11.4 Å². The normalized spacial score (nSPS) is 14.6. The fourth-order valence-electron chi connectivity index (χ4n) is 6.47. The molecule has 1 aliphatic rings. The number of carbonyl (C=O) groups is 2. The van der Waals surface area contributed by atoms with Gasteiger partial charge in [-0.3, -0.25) is 20.0 Å². The fourth-order valence-corrected chi connectivity index (χ4v) is 6.47. The van der Waals surface area contributed by atoms with E-state index >= 15 is 0 Å². The molecule has 0 bridgehead atoms. The lowest BCUT2D eigenvalue weighted by Gasteiger charge is -2.33. The van der Waals surface area contributed by atoms with Crippen LogP contribution in [-0.2, 0) is 16.8 Å². The molecule has 294 valence electrons. The van der Waals surface area contributed by atoms with Gasteiger partial charge in [0.1, 0.15) is 35.9 Å². The zero-order valence-electron chi connectivity index (χ0n) is 32.7. The number of nitrogens with one attached hydrogen (secondary N) is 4. The third-order valence-corrected chi connectivity index (χ3v) is 9.54. The molecule has 1 atom stereocenters. The molecule has 1 fully saturated rings. The Hall–Kier alpha value is -6.38. The van der Waals surface area contributed by atoms with Crippen LogP contribution in [0.5, 0.6) is 5.75 Å². The number of pyridine rings is 1. The summed E-state index contributed by atoms with van der Waals surface area (Å²) in [5.74, 6) is 1.72. The number of benzene rings is 3. The molecule has 14 nitrogen and oxygen atoms in total. The highest BCUT2D eigenvalue weighted by molar-refractivity contribution is 6.07. The SMILES string of the molecule is Cc1ccc(-n2nc(C(C)(C)C)cc2NC(=O)Nc2ccc(OCc3ccnc(NC4CN(CCCNC(=O)c5cnccn5)CCO4)c3)c3ccccc23)cc1. The van der Waals surface area contributed by atoms with Gasteiger partial charge in [0, 0.05) is 67.0 Å². The summed E-state index contributed by atoms with van der Waals surface area (Å²) in [6.45, 7) is 12.1. The summed E-state index contributed by atoms with van der Waals surface area (Å²) < 4.78 is 14.1. The minimum Gasteiger partial charge on any atom is -0.488 e. The molecule has 0 saturated carbocycles. The number of ether oxygens (including phenoxy) is 2. The van der Waals surface area contributed by atoms with Crippen molar-refractivity contribution in [3.05, 3.63) is 126 Å². The first kappa shape index (κ1) is 38.9. The minimum absolute atomic E-state index is 0.210.